The maximum atomic E-state index is 13.6. The first-order chi connectivity index (χ1) is 9.40. The summed E-state index contributed by atoms with van der Waals surface area (Å²) in [6.45, 7) is 0. The number of benzene rings is 2. The third kappa shape index (κ3) is 2.88. The summed E-state index contributed by atoms with van der Waals surface area (Å²) in [4.78, 5) is 10.3. The second-order valence-corrected chi connectivity index (χ2v) is 5.03. The number of rotatable bonds is 3. The van der Waals surface area contributed by atoms with Crippen LogP contribution in [0.1, 0.15) is 0 Å². The van der Waals surface area contributed by atoms with E-state index in [0.29, 0.717) is 6.07 Å². The van der Waals surface area contributed by atoms with E-state index in [9.17, 15) is 18.9 Å². The Balaban J connectivity index is 2.48. The van der Waals surface area contributed by atoms with Crippen molar-refractivity contribution in [1.82, 2.24) is 0 Å². The van der Waals surface area contributed by atoms with Crippen molar-refractivity contribution in [3.8, 4) is 0 Å². The molecule has 0 heterocycles. The van der Waals surface area contributed by atoms with E-state index < -0.39 is 16.6 Å². The maximum Gasteiger partial charge on any atom is 0.311 e. The molecule has 0 unspecified atom stereocenters. The summed E-state index contributed by atoms with van der Waals surface area (Å²) >= 11 is 8.66. The molecule has 0 aliphatic carbocycles. The Morgan fingerprint density at radius 3 is 2.55 bits per heavy atom. The number of nitrogens with one attached hydrogen (secondary N) is 1. The van der Waals surface area contributed by atoms with E-state index in [1.54, 1.807) is 0 Å². The second kappa shape index (κ2) is 5.72. The van der Waals surface area contributed by atoms with Gasteiger partial charge in [0.05, 0.1) is 15.1 Å². The number of para-hydroxylation sites is 1. The second-order valence-electron chi connectivity index (χ2n) is 3.76. The fourth-order valence-corrected chi connectivity index (χ4v) is 2.15. The minimum absolute atomic E-state index is 0.0138. The molecule has 0 aromatic heterocycles. The van der Waals surface area contributed by atoms with Crippen molar-refractivity contribution in [2.24, 2.45) is 0 Å². The topological polar surface area (TPSA) is 55.2 Å². The highest BCUT2D eigenvalue weighted by Gasteiger charge is 2.19. The van der Waals surface area contributed by atoms with Gasteiger partial charge in [0, 0.05) is 6.07 Å². The summed E-state index contributed by atoms with van der Waals surface area (Å²) in [7, 11) is 0. The number of nitro groups is 1. The summed E-state index contributed by atoms with van der Waals surface area (Å²) in [6.07, 6.45) is 0. The van der Waals surface area contributed by atoms with Crippen LogP contribution in [0.5, 0.6) is 0 Å². The molecule has 0 radical (unpaired) electrons. The quantitative estimate of drug-likeness (QED) is 0.472. The average molecular weight is 364 g/mol. The standard InChI is InChI=1S/C12H6BrClF2N2O2/c13-6-4-11(9(16)5-8(6)15)17-10-3-1-2-7(14)12(10)18(19)20/h1-5,17H. The summed E-state index contributed by atoms with van der Waals surface area (Å²) in [6, 6.07) is 6.02. The van der Waals surface area contributed by atoms with Crippen molar-refractivity contribution in [1.29, 1.82) is 0 Å². The molecule has 0 amide bonds. The number of nitrogens with zero attached hydrogens (tertiary/aromatic N) is 1. The number of hydrogen-bond acceptors (Lipinski definition) is 3. The third-order valence-electron chi connectivity index (χ3n) is 2.45. The van der Waals surface area contributed by atoms with Crippen LogP contribution in [0.4, 0.5) is 25.8 Å². The van der Waals surface area contributed by atoms with Crippen molar-refractivity contribution >= 4 is 44.6 Å². The number of halogens is 4. The Kier molecular flexibility index (Phi) is 4.20. The first-order valence-corrected chi connectivity index (χ1v) is 6.41. The third-order valence-corrected chi connectivity index (χ3v) is 3.36. The van der Waals surface area contributed by atoms with Crippen molar-refractivity contribution < 1.29 is 13.7 Å². The van der Waals surface area contributed by atoms with E-state index in [2.05, 4.69) is 21.2 Å². The summed E-state index contributed by atoms with van der Waals surface area (Å²) < 4.78 is 26.8. The molecule has 1 N–H and O–H groups in total. The van der Waals surface area contributed by atoms with Crippen molar-refractivity contribution in [3.05, 3.63) is 61.6 Å². The summed E-state index contributed by atoms with van der Waals surface area (Å²) in [5.41, 5.74) is -0.474. The van der Waals surface area contributed by atoms with Crippen LogP contribution in [0.3, 0.4) is 0 Å². The normalized spacial score (nSPS) is 10.4. The lowest BCUT2D eigenvalue weighted by molar-refractivity contribution is -0.383. The highest BCUT2D eigenvalue weighted by Crippen LogP contribution is 2.35. The van der Waals surface area contributed by atoms with Gasteiger partial charge in [-0.3, -0.25) is 10.1 Å². The van der Waals surface area contributed by atoms with E-state index in [1.807, 2.05) is 0 Å². The van der Waals surface area contributed by atoms with Crippen LogP contribution in [0, 0.1) is 21.7 Å². The molecule has 0 saturated heterocycles. The lowest BCUT2D eigenvalue weighted by atomic mass is 10.2. The fraction of sp³-hybridized carbons (Fsp3) is 0. The summed E-state index contributed by atoms with van der Waals surface area (Å²) in [5, 5.41) is 13.4. The molecule has 20 heavy (non-hydrogen) atoms. The Hall–Kier alpha value is -1.73. The Labute approximate surface area is 125 Å². The Morgan fingerprint density at radius 1 is 1.20 bits per heavy atom. The zero-order valence-electron chi connectivity index (χ0n) is 9.66. The van der Waals surface area contributed by atoms with Crippen LogP contribution in [-0.4, -0.2) is 4.92 Å². The Morgan fingerprint density at radius 2 is 1.90 bits per heavy atom. The predicted octanol–water partition coefficient (Wildman–Crippen LogP) is 5.03. The smallest absolute Gasteiger partial charge is 0.311 e. The molecule has 0 aliphatic heterocycles. The molecule has 2 aromatic carbocycles. The molecule has 4 nitrogen and oxygen atoms in total. The molecule has 0 fully saturated rings. The van der Waals surface area contributed by atoms with E-state index in [-0.39, 0.29) is 26.6 Å². The van der Waals surface area contributed by atoms with Crippen LogP contribution in [0.15, 0.2) is 34.8 Å². The largest absolute Gasteiger partial charge is 0.347 e. The minimum Gasteiger partial charge on any atom is -0.347 e. The van der Waals surface area contributed by atoms with Crippen LogP contribution in [-0.2, 0) is 0 Å². The SMILES string of the molecule is O=[N+]([O-])c1c(Cl)cccc1Nc1cc(Br)c(F)cc1F. The highest BCUT2D eigenvalue weighted by atomic mass is 79.9. The molecule has 2 rings (SSSR count). The molecule has 0 saturated carbocycles. The van der Waals surface area contributed by atoms with Gasteiger partial charge < -0.3 is 5.32 Å². The van der Waals surface area contributed by atoms with Crippen LogP contribution >= 0.6 is 27.5 Å². The lowest BCUT2D eigenvalue weighted by Crippen LogP contribution is -2.00. The van der Waals surface area contributed by atoms with Crippen LogP contribution < -0.4 is 5.32 Å². The number of hydrogen-bond donors (Lipinski definition) is 1. The van der Waals surface area contributed by atoms with Gasteiger partial charge in [-0.2, -0.15) is 0 Å². The summed E-state index contributed by atoms with van der Waals surface area (Å²) in [5.74, 6) is -1.64. The first kappa shape index (κ1) is 14.7. The lowest BCUT2D eigenvalue weighted by Gasteiger charge is -2.09. The van der Waals surface area contributed by atoms with Gasteiger partial charge in [-0.25, -0.2) is 8.78 Å². The zero-order valence-corrected chi connectivity index (χ0v) is 12.0. The van der Waals surface area contributed by atoms with Crippen LogP contribution in [0.25, 0.3) is 0 Å². The molecule has 0 spiro atoms. The van der Waals surface area contributed by atoms with Crippen molar-refractivity contribution in [2.45, 2.75) is 0 Å². The average Bonchev–Trinajstić information content (AvgIpc) is 2.35. The van der Waals surface area contributed by atoms with Crippen LogP contribution in [0.2, 0.25) is 5.02 Å². The van der Waals surface area contributed by atoms with Gasteiger partial charge in [0.2, 0.25) is 0 Å². The maximum absolute atomic E-state index is 13.6. The Bertz CT molecular complexity index is 697. The van der Waals surface area contributed by atoms with E-state index in [0.717, 1.165) is 6.07 Å². The van der Waals surface area contributed by atoms with Gasteiger partial charge in [-0.05, 0) is 34.1 Å². The number of nitro benzene ring substituents is 1. The number of anilines is 2. The van der Waals surface area contributed by atoms with Gasteiger partial charge in [0.15, 0.2) is 0 Å². The minimum atomic E-state index is -0.875. The van der Waals surface area contributed by atoms with E-state index >= 15 is 0 Å². The molecular weight excluding hydrogens is 357 g/mol. The molecule has 104 valence electrons. The predicted molar refractivity (Wildman–Crippen MR) is 75.4 cm³/mol. The van der Waals surface area contributed by atoms with Crippen molar-refractivity contribution in [2.75, 3.05) is 5.32 Å². The molecule has 8 heteroatoms. The zero-order chi connectivity index (χ0) is 14.9. The monoisotopic (exact) mass is 362 g/mol. The molecule has 2 aromatic rings. The molecular formula is C12H6BrClF2N2O2. The fourth-order valence-electron chi connectivity index (χ4n) is 1.57. The molecule has 0 atom stereocenters. The van der Waals surface area contributed by atoms with Gasteiger partial charge in [-0.15, -0.1) is 0 Å². The first-order valence-electron chi connectivity index (χ1n) is 5.24. The molecule has 0 aliphatic rings. The van der Waals surface area contributed by atoms with Crippen molar-refractivity contribution in [3.63, 3.8) is 0 Å². The van der Waals surface area contributed by atoms with Gasteiger partial charge in [-0.1, -0.05) is 17.7 Å². The van der Waals surface area contributed by atoms with Gasteiger partial charge >= 0.3 is 5.69 Å². The van der Waals surface area contributed by atoms with E-state index in [1.165, 1.54) is 18.2 Å². The van der Waals surface area contributed by atoms with Gasteiger partial charge in [0.1, 0.15) is 22.3 Å². The molecule has 0 bridgehead atoms. The highest BCUT2D eigenvalue weighted by molar-refractivity contribution is 9.10. The van der Waals surface area contributed by atoms with Gasteiger partial charge in [0.25, 0.3) is 0 Å². The van der Waals surface area contributed by atoms with E-state index in [4.69, 9.17) is 11.6 Å².